The van der Waals surface area contributed by atoms with Gasteiger partial charge in [0.05, 0.1) is 12.2 Å². The van der Waals surface area contributed by atoms with Gasteiger partial charge < -0.3 is 19.4 Å². The molecule has 2 heterocycles. The molecule has 2 aliphatic heterocycles. The Balaban J connectivity index is 1.64. The minimum Gasteiger partial charge on any atom is -0.481 e. The first kappa shape index (κ1) is 14.5. The normalized spacial score (nSPS) is 32.6. The Morgan fingerprint density at radius 3 is 2.68 bits per heavy atom. The highest BCUT2D eigenvalue weighted by Gasteiger charge is 2.47. The van der Waals surface area contributed by atoms with Crippen molar-refractivity contribution in [1.82, 2.24) is 0 Å². The molecular formula is C14H22O5. The number of carbonyl (C=O) groups is 2. The standard InChI is InChI=1S/C14H22O5/c15-7-5-10-11(13-4-3-12(10)19-13)6-9-18-8-1-2-14(16)17/h7,10-13H,1-6,8-9H2,(H,16,17)/t10-,11+,12-,13+/m1/s1. The van der Waals surface area contributed by atoms with E-state index < -0.39 is 5.97 Å². The molecule has 4 atom stereocenters. The minimum atomic E-state index is -0.781. The molecule has 0 radical (unpaired) electrons. The predicted molar refractivity (Wildman–Crippen MR) is 67.9 cm³/mol. The summed E-state index contributed by atoms with van der Waals surface area (Å²) in [6.07, 6.45) is 5.96. The van der Waals surface area contributed by atoms with Crippen LogP contribution in [0.25, 0.3) is 0 Å². The van der Waals surface area contributed by atoms with Crippen molar-refractivity contribution in [2.75, 3.05) is 13.2 Å². The van der Waals surface area contributed by atoms with Crippen LogP contribution in [-0.4, -0.2) is 42.8 Å². The van der Waals surface area contributed by atoms with E-state index in [0.29, 0.717) is 44.0 Å². The SMILES string of the molecule is O=CC[C@@H]1[C@H](CCOCCCC(=O)O)[C@@H]2CC[C@H]1O2. The molecule has 2 rings (SSSR count). The molecule has 0 aromatic rings. The molecule has 0 aliphatic carbocycles. The van der Waals surface area contributed by atoms with Gasteiger partial charge in [-0.1, -0.05) is 0 Å². The Morgan fingerprint density at radius 1 is 1.26 bits per heavy atom. The molecule has 2 aliphatic rings. The van der Waals surface area contributed by atoms with Crippen LogP contribution < -0.4 is 0 Å². The second kappa shape index (κ2) is 7.01. The van der Waals surface area contributed by atoms with Crippen LogP contribution in [0.1, 0.15) is 38.5 Å². The number of carbonyl (C=O) groups excluding carboxylic acids is 1. The van der Waals surface area contributed by atoms with Gasteiger partial charge in [-0.2, -0.15) is 0 Å². The van der Waals surface area contributed by atoms with E-state index in [0.717, 1.165) is 25.5 Å². The molecule has 0 amide bonds. The molecule has 2 saturated heterocycles. The molecule has 1 N–H and O–H groups in total. The van der Waals surface area contributed by atoms with Gasteiger partial charge in [-0.25, -0.2) is 0 Å². The zero-order chi connectivity index (χ0) is 13.7. The van der Waals surface area contributed by atoms with Gasteiger partial charge in [0.15, 0.2) is 0 Å². The quantitative estimate of drug-likeness (QED) is 0.509. The Hall–Kier alpha value is -0.940. The van der Waals surface area contributed by atoms with E-state index in [4.69, 9.17) is 14.6 Å². The first-order valence-electron chi connectivity index (χ1n) is 7.11. The topological polar surface area (TPSA) is 72.8 Å². The van der Waals surface area contributed by atoms with Crippen molar-refractivity contribution in [1.29, 1.82) is 0 Å². The molecule has 2 fully saturated rings. The lowest BCUT2D eigenvalue weighted by atomic mass is 9.76. The van der Waals surface area contributed by atoms with Crippen molar-refractivity contribution in [2.24, 2.45) is 11.8 Å². The minimum absolute atomic E-state index is 0.158. The fourth-order valence-electron chi connectivity index (χ4n) is 3.36. The van der Waals surface area contributed by atoms with Crippen LogP contribution in [0, 0.1) is 11.8 Å². The van der Waals surface area contributed by atoms with Crippen molar-refractivity contribution in [3.63, 3.8) is 0 Å². The fourth-order valence-corrected chi connectivity index (χ4v) is 3.36. The third-order valence-corrected chi connectivity index (χ3v) is 4.23. The van der Waals surface area contributed by atoms with Crippen molar-refractivity contribution < 1.29 is 24.2 Å². The van der Waals surface area contributed by atoms with Crippen LogP contribution in [0.2, 0.25) is 0 Å². The molecule has 19 heavy (non-hydrogen) atoms. The lowest BCUT2D eigenvalue weighted by molar-refractivity contribution is -0.137. The number of hydrogen-bond donors (Lipinski definition) is 1. The number of rotatable bonds is 9. The summed E-state index contributed by atoms with van der Waals surface area (Å²) in [5.41, 5.74) is 0. The van der Waals surface area contributed by atoms with E-state index in [9.17, 15) is 9.59 Å². The van der Waals surface area contributed by atoms with E-state index in [1.165, 1.54) is 0 Å². The Labute approximate surface area is 113 Å². The second-order valence-electron chi connectivity index (χ2n) is 5.42. The van der Waals surface area contributed by atoms with Crippen LogP contribution in [0.5, 0.6) is 0 Å². The maximum atomic E-state index is 10.7. The number of fused-ring (bicyclic) bond motifs is 2. The third kappa shape index (κ3) is 3.76. The molecule has 108 valence electrons. The van der Waals surface area contributed by atoms with Crippen LogP contribution in [0.15, 0.2) is 0 Å². The number of ether oxygens (including phenoxy) is 2. The summed E-state index contributed by atoms with van der Waals surface area (Å²) in [7, 11) is 0. The van der Waals surface area contributed by atoms with E-state index >= 15 is 0 Å². The maximum absolute atomic E-state index is 10.7. The van der Waals surface area contributed by atoms with Crippen LogP contribution in [0.4, 0.5) is 0 Å². The first-order valence-corrected chi connectivity index (χ1v) is 7.11. The highest BCUT2D eigenvalue weighted by atomic mass is 16.5. The number of carboxylic acids is 1. The molecule has 0 unspecified atom stereocenters. The highest BCUT2D eigenvalue weighted by Crippen LogP contribution is 2.46. The summed E-state index contributed by atoms with van der Waals surface area (Å²) in [6.45, 7) is 1.12. The Bertz CT molecular complexity index is 317. The zero-order valence-corrected chi connectivity index (χ0v) is 11.1. The van der Waals surface area contributed by atoms with Crippen molar-refractivity contribution in [2.45, 2.75) is 50.7 Å². The second-order valence-corrected chi connectivity index (χ2v) is 5.42. The number of carboxylic acid groups (broad SMARTS) is 1. The van der Waals surface area contributed by atoms with Gasteiger partial charge in [0, 0.05) is 26.1 Å². The lowest BCUT2D eigenvalue weighted by Crippen LogP contribution is -2.28. The maximum Gasteiger partial charge on any atom is 0.303 e. The smallest absolute Gasteiger partial charge is 0.303 e. The van der Waals surface area contributed by atoms with Crippen LogP contribution >= 0.6 is 0 Å². The fraction of sp³-hybridized carbons (Fsp3) is 0.857. The van der Waals surface area contributed by atoms with Crippen molar-refractivity contribution >= 4 is 12.3 Å². The van der Waals surface area contributed by atoms with Crippen LogP contribution in [0.3, 0.4) is 0 Å². The first-order chi connectivity index (χ1) is 9.22. The van der Waals surface area contributed by atoms with E-state index in [1.807, 2.05) is 0 Å². The molecule has 0 saturated carbocycles. The molecule has 2 bridgehead atoms. The molecule has 0 aromatic heterocycles. The molecule has 0 spiro atoms. The summed E-state index contributed by atoms with van der Waals surface area (Å²) >= 11 is 0. The molecule has 0 aromatic carbocycles. The summed E-state index contributed by atoms with van der Waals surface area (Å²) in [6, 6.07) is 0. The monoisotopic (exact) mass is 270 g/mol. The summed E-state index contributed by atoms with van der Waals surface area (Å²) in [5, 5.41) is 8.50. The van der Waals surface area contributed by atoms with Gasteiger partial charge in [-0.05, 0) is 37.5 Å². The van der Waals surface area contributed by atoms with E-state index in [1.54, 1.807) is 0 Å². The average Bonchev–Trinajstić information content (AvgIpc) is 2.95. The number of aliphatic carboxylic acids is 1. The van der Waals surface area contributed by atoms with E-state index in [2.05, 4.69) is 0 Å². The third-order valence-electron chi connectivity index (χ3n) is 4.23. The number of hydrogen-bond acceptors (Lipinski definition) is 4. The lowest BCUT2D eigenvalue weighted by Gasteiger charge is -2.26. The van der Waals surface area contributed by atoms with Crippen LogP contribution in [-0.2, 0) is 19.1 Å². The van der Waals surface area contributed by atoms with Gasteiger partial charge in [-0.3, -0.25) is 4.79 Å². The van der Waals surface area contributed by atoms with Gasteiger partial charge in [-0.15, -0.1) is 0 Å². The Morgan fingerprint density at radius 2 is 2.00 bits per heavy atom. The Kier molecular flexibility index (Phi) is 5.34. The number of aldehydes is 1. The summed E-state index contributed by atoms with van der Waals surface area (Å²) < 4.78 is 11.3. The highest BCUT2D eigenvalue weighted by molar-refractivity contribution is 5.66. The van der Waals surface area contributed by atoms with Crippen molar-refractivity contribution in [3.05, 3.63) is 0 Å². The molecular weight excluding hydrogens is 248 g/mol. The molecule has 5 nitrogen and oxygen atoms in total. The van der Waals surface area contributed by atoms with Crippen molar-refractivity contribution in [3.8, 4) is 0 Å². The largest absolute Gasteiger partial charge is 0.481 e. The van der Waals surface area contributed by atoms with Gasteiger partial charge >= 0.3 is 5.97 Å². The predicted octanol–water partition coefficient (Wildman–Crippen LogP) is 1.64. The van der Waals surface area contributed by atoms with Gasteiger partial charge in [0.25, 0.3) is 0 Å². The van der Waals surface area contributed by atoms with Gasteiger partial charge in [0.2, 0.25) is 0 Å². The molecule has 5 heteroatoms. The van der Waals surface area contributed by atoms with E-state index in [-0.39, 0.29) is 12.5 Å². The summed E-state index contributed by atoms with van der Waals surface area (Å²) in [5.74, 6) is 0.0124. The average molecular weight is 270 g/mol. The van der Waals surface area contributed by atoms with Gasteiger partial charge in [0.1, 0.15) is 6.29 Å². The zero-order valence-electron chi connectivity index (χ0n) is 11.1. The summed E-state index contributed by atoms with van der Waals surface area (Å²) in [4.78, 5) is 21.1.